The molecule has 0 spiro atoms. The number of amides is 1. The maximum atomic E-state index is 12.1. The normalized spacial score (nSPS) is 15.1. The van der Waals surface area contributed by atoms with Crippen molar-refractivity contribution in [1.29, 1.82) is 5.26 Å². The van der Waals surface area contributed by atoms with Gasteiger partial charge in [0.2, 0.25) is 10.0 Å². The molecular formula is C10H11N3O3S2. The van der Waals surface area contributed by atoms with Crippen LogP contribution >= 0.6 is 11.3 Å². The zero-order valence-corrected chi connectivity index (χ0v) is 11.0. The first-order valence-electron chi connectivity index (χ1n) is 5.22. The van der Waals surface area contributed by atoms with Crippen LogP contribution in [0.4, 0.5) is 0 Å². The molecule has 1 aliphatic rings. The van der Waals surface area contributed by atoms with Gasteiger partial charge in [-0.1, -0.05) is 0 Å². The number of hydrogen-bond acceptors (Lipinski definition) is 5. The van der Waals surface area contributed by atoms with E-state index in [0.29, 0.717) is 0 Å². The van der Waals surface area contributed by atoms with Crippen molar-refractivity contribution in [2.75, 3.05) is 6.54 Å². The summed E-state index contributed by atoms with van der Waals surface area (Å²) >= 11 is 0.909. The summed E-state index contributed by atoms with van der Waals surface area (Å²) in [5.74, 6) is -0.315. The summed E-state index contributed by atoms with van der Waals surface area (Å²) in [7, 11) is -3.78. The zero-order chi connectivity index (χ0) is 13.3. The number of thiophene rings is 1. The van der Waals surface area contributed by atoms with E-state index in [2.05, 4.69) is 0 Å². The van der Waals surface area contributed by atoms with E-state index in [1.54, 1.807) is 0 Å². The van der Waals surface area contributed by atoms with Crippen molar-refractivity contribution >= 4 is 27.3 Å². The molecule has 1 aromatic rings. The van der Waals surface area contributed by atoms with Crippen LogP contribution in [0.15, 0.2) is 15.7 Å². The maximum absolute atomic E-state index is 12.1. The molecule has 1 aliphatic carbocycles. The Morgan fingerprint density at radius 3 is 2.72 bits per heavy atom. The molecule has 96 valence electrons. The summed E-state index contributed by atoms with van der Waals surface area (Å²) in [5.41, 5.74) is 0.270. The average molecular weight is 285 g/mol. The van der Waals surface area contributed by atoms with E-state index in [0.717, 1.165) is 24.2 Å². The van der Waals surface area contributed by atoms with E-state index < -0.39 is 10.0 Å². The molecule has 0 aromatic carbocycles. The Morgan fingerprint density at radius 1 is 1.61 bits per heavy atom. The van der Waals surface area contributed by atoms with Crippen LogP contribution in [0.5, 0.6) is 0 Å². The minimum absolute atomic E-state index is 0.0179. The monoisotopic (exact) mass is 285 g/mol. The first-order chi connectivity index (χ1) is 8.43. The first kappa shape index (κ1) is 13.0. The van der Waals surface area contributed by atoms with Crippen LogP contribution < -0.4 is 5.14 Å². The molecule has 0 radical (unpaired) electrons. The van der Waals surface area contributed by atoms with E-state index in [1.807, 2.05) is 6.07 Å². The van der Waals surface area contributed by atoms with Gasteiger partial charge in [0.15, 0.2) is 0 Å². The van der Waals surface area contributed by atoms with E-state index >= 15 is 0 Å². The van der Waals surface area contributed by atoms with Crippen molar-refractivity contribution in [3.8, 4) is 6.07 Å². The SMILES string of the molecule is N#CCN(C(=O)c1csc(S(N)(=O)=O)c1)C1CC1. The number of sulfonamides is 1. The fourth-order valence-electron chi connectivity index (χ4n) is 1.57. The van der Waals surface area contributed by atoms with Crippen molar-refractivity contribution in [3.63, 3.8) is 0 Å². The first-order valence-corrected chi connectivity index (χ1v) is 7.65. The van der Waals surface area contributed by atoms with Gasteiger partial charge in [0, 0.05) is 11.4 Å². The summed E-state index contributed by atoms with van der Waals surface area (Å²) in [4.78, 5) is 13.6. The molecule has 0 unspecified atom stereocenters. The molecule has 0 bridgehead atoms. The second kappa shape index (κ2) is 4.68. The minimum atomic E-state index is -3.78. The van der Waals surface area contributed by atoms with Crippen molar-refractivity contribution in [2.24, 2.45) is 5.14 Å². The minimum Gasteiger partial charge on any atom is -0.322 e. The summed E-state index contributed by atoms with van der Waals surface area (Å²) in [6.07, 6.45) is 1.78. The third-order valence-corrected chi connectivity index (χ3v) is 4.98. The Hall–Kier alpha value is -1.43. The predicted octanol–water partition coefficient (Wildman–Crippen LogP) is 0.524. The number of nitriles is 1. The number of carbonyl (C=O) groups is 1. The van der Waals surface area contributed by atoms with Gasteiger partial charge in [0.05, 0.1) is 11.6 Å². The van der Waals surface area contributed by atoms with Crippen LogP contribution in [-0.4, -0.2) is 31.8 Å². The molecule has 1 aromatic heterocycles. The summed E-state index contributed by atoms with van der Waals surface area (Å²) in [6.45, 7) is 0.0179. The lowest BCUT2D eigenvalue weighted by Crippen LogP contribution is -2.33. The highest BCUT2D eigenvalue weighted by atomic mass is 32.2. The number of hydrogen-bond donors (Lipinski definition) is 1. The molecule has 0 atom stereocenters. The van der Waals surface area contributed by atoms with Gasteiger partial charge in [-0.15, -0.1) is 11.3 Å². The van der Waals surface area contributed by atoms with E-state index in [9.17, 15) is 13.2 Å². The molecular weight excluding hydrogens is 274 g/mol. The van der Waals surface area contributed by atoms with Gasteiger partial charge in [-0.05, 0) is 18.9 Å². The zero-order valence-electron chi connectivity index (χ0n) is 9.37. The van der Waals surface area contributed by atoms with Gasteiger partial charge in [0.25, 0.3) is 5.91 Å². The lowest BCUT2D eigenvalue weighted by molar-refractivity contribution is 0.0765. The Kier molecular flexibility index (Phi) is 3.38. The predicted molar refractivity (Wildman–Crippen MR) is 65.4 cm³/mol. The summed E-state index contributed by atoms with van der Waals surface area (Å²) in [6, 6.07) is 3.31. The summed E-state index contributed by atoms with van der Waals surface area (Å²) in [5, 5.41) is 15.1. The molecule has 0 aliphatic heterocycles. The molecule has 18 heavy (non-hydrogen) atoms. The van der Waals surface area contributed by atoms with Crippen LogP contribution in [0, 0.1) is 11.3 Å². The average Bonchev–Trinajstić information content (AvgIpc) is 2.99. The molecule has 2 rings (SSSR count). The lowest BCUT2D eigenvalue weighted by Gasteiger charge is -2.17. The third kappa shape index (κ3) is 2.69. The highest BCUT2D eigenvalue weighted by Crippen LogP contribution is 2.29. The Morgan fingerprint density at radius 2 is 2.28 bits per heavy atom. The lowest BCUT2D eigenvalue weighted by atomic mass is 10.3. The van der Waals surface area contributed by atoms with Gasteiger partial charge in [-0.2, -0.15) is 5.26 Å². The van der Waals surface area contributed by atoms with Crippen molar-refractivity contribution in [2.45, 2.75) is 23.1 Å². The molecule has 1 heterocycles. The molecule has 1 saturated carbocycles. The number of rotatable bonds is 4. The van der Waals surface area contributed by atoms with Gasteiger partial charge in [-0.3, -0.25) is 4.79 Å². The van der Waals surface area contributed by atoms with Crippen LogP contribution in [0.1, 0.15) is 23.2 Å². The Bertz CT molecular complexity index is 611. The third-order valence-electron chi connectivity index (χ3n) is 2.59. The smallest absolute Gasteiger partial charge is 0.255 e. The van der Waals surface area contributed by atoms with E-state index in [1.165, 1.54) is 16.3 Å². The van der Waals surface area contributed by atoms with Crippen LogP contribution in [0.2, 0.25) is 0 Å². The molecule has 1 fully saturated rings. The van der Waals surface area contributed by atoms with Gasteiger partial charge >= 0.3 is 0 Å². The van der Waals surface area contributed by atoms with Crippen molar-refractivity contribution in [1.82, 2.24) is 4.90 Å². The van der Waals surface area contributed by atoms with Crippen LogP contribution in [0.25, 0.3) is 0 Å². The molecule has 6 nitrogen and oxygen atoms in total. The molecule has 8 heteroatoms. The molecule has 0 saturated heterocycles. The Balaban J connectivity index is 2.23. The molecule has 2 N–H and O–H groups in total. The quantitative estimate of drug-likeness (QED) is 0.814. The van der Waals surface area contributed by atoms with Gasteiger partial charge in [-0.25, -0.2) is 13.6 Å². The number of carbonyl (C=O) groups excluding carboxylic acids is 1. The second-order valence-corrected chi connectivity index (χ2v) is 6.72. The van der Waals surface area contributed by atoms with Crippen molar-refractivity contribution < 1.29 is 13.2 Å². The Labute approximate surface area is 109 Å². The van der Waals surface area contributed by atoms with E-state index in [4.69, 9.17) is 10.4 Å². The maximum Gasteiger partial charge on any atom is 0.255 e. The highest BCUT2D eigenvalue weighted by Gasteiger charge is 2.33. The fraction of sp³-hybridized carbons (Fsp3) is 0.400. The standard InChI is InChI=1S/C10H11N3O3S2/c11-3-4-13(8-1-2-8)10(14)7-5-9(17-6-7)18(12,15)16/h5-6,8H,1-2,4H2,(H2,12,15,16). The van der Waals surface area contributed by atoms with Crippen LogP contribution in [-0.2, 0) is 10.0 Å². The van der Waals surface area contributed by atoms with Crippen LogP contribution in [0.3, 0.4) is 0 Å². The number of nitrogens with two attached hydrogens (primary N) is 1. The topological polar surface area (TPSA) is 104 Å². The molecule has 1 amide bonds. The largest absolute Gasteiger partial charge is 0.322 e. The highest BCUT2D eigenvalue weighted by molar-refractivity contribution is 7.91. The van der Waals surface area contributed by atoms with Crippen molar-refractivity contribution in [3.05, 3.63) is 17.0 Å². The summed E-state index contributed by atoms with van der Waals surface area (Å²) < 4.78 is 22.2. The second-order valence-electron chi connectivity index (χ2n) is 4.02. The fourth-order valence-corrected chi connectivity index (χ4v) is 3.15. The number of nitrogens with zero attached hydrogens (tertiary/aromatic N) is 2. The van der Waals surface area contributed by atoms with Gasteiger partial charge < -0.3 is 4.90 Å². The van der Waals surface area contributed by atoms with E-state index in [-0.39, 0.29) is 28.3 Å². The number of primary sulfonamides is 1. The van der Waals surface area contributed by atoms with Gasteiger partial charge in [0.1, 0.15) is 10.8 Å².